The number of likely N-dealkylation sites (N-methyl/N-ethyl adjacent to an activating group) is 1. The highest BCUT2D eigenvalue weighted by Gasteiger charge is 2.36. The molecule has 31 heavy (non-hydrogen) atoms. The van der Waals surface area contributed by atoms with Crippen LogP contribution in [-0.2, 0) is 6.42 Å². The fraction of sp³-hybridized carbons (Fsp3) is 0.636. The molecule has 4 atom stereocenters. The maximum atomic E-state index is 14.5. The number of fused-ring (bicyclic) bond motifs is 1. The lowest BCUT2D eigenvalue weighted by molar-refractivity contribution is 0.205. The summed E-state index contributed by atoms with van der Waals surface area (Å²) in [4.78, 5) is 11.5. The van der Waals surface area contributed by atoms with Crippen molar-refractivity contribution in [2.45, 2.75) is 75.2 Å². The van der Waals surface area contributed by atoms with E-state index in [4.69, 9.17) is 19.9 Å². The second kappa shape index (κ2) is 9.24. The third-order valence-corrected chi connectivity index (χ3v) is 7.33. The van der Waals surface area contributed by atoms with Crippen molar-refractivity contribution < 1.29 is 8.91 Å². The zero-order valence-electron chi connectivity index (χ0n) is 18.6. The van der Waals surface area contributed by atoms with Gasteiger partial charge in [-0.2, -0.15) is 0 Å². The van der Waals surface area contributed by atoms with E-state index in [1.54, 1.807) is 0 Å². The summed E-state index contributed by atoms with van der Waals surface area (Å²) in [6.45, 7) is 4.88. The molecule has 1 fully saturated rings. The van der Waals surface area contributed by atoms with E-state index < -0.39 is 6.17 Å². The van der Waals surface area contributed by atoms with Crippen molar-refractivity contribution in [3.8, 4) is 11.5 Å². The van der Waals surface area contributed by atoms with Crippen molar-refractivity contribution in [1.29, 1.82) is 5.41 Å². The highest BCUT2D eigenvalue weighted by atomic mass is 32.2. The van der Waals surface area contributed by atoms with Gasteiger partial charge in [-0.3, -0.25) is 4.90 Å². The van der Waals surface area contributed by atoms with E-state index in [1.807, 2.05) is 25.1 Å². The van der Waals surface area contributed by atoms with Crippen LogP contribution in [0.2, 0.25) is 0 Å². The summed E-state index contributed by atoms with van der Waals surface area (Å²) in [7, 11) is 1.95. The molecule has 0 saturated carbocycles. The molecule has 1 aliphatic carbocycles. The number of alkyl halides is 1. The molecule has 0 bridgehead atoms. The lowest BCUT2D eigenvalue weighted by atomic mass is 9.86. The molecule has 0 spiro atoms. The third-order valence-electron chi connectivity index (χ3n) is 6.64. The van der Waals surface area contributed by atoms with E-state index in [-0.39, 0.29) is 12.1 Å². The molecule has 0 radical (unpaired) electrons. The second-order valence-electron chi connectivity index (χ2n) is 8.54. The smallest absolute Gasteiger partial charge is 0.185 e. The molecule has 1 saturated heterocycles. The van der Waals surface area contributed by atoms with E-state index in [9.17, 15) is 4.39 Å². The first-order chi connectivity index (χ1) is 15.0. The summed E-state index contributed by atoms with van der Waals surface area (Å²) in [6.07, 6.45) is 7.00. The van der Waals surface area contributed by atoms with Crippen molar-refractivity contribution in [2.75, 3.05) is 25.2 Å². The van der Waals surface area contributed by atoms with Gasteiger partial charge in [-0.25, -0.2) is 14.4 Å². The first-order valence-electron chi connectivity index (χ1n) is 11.0. The zero-order valence-corrected chi connectivity index (χ0v) is 19.4. The summed E-state index contributed by atoms with van der Waals surface area (Å²) < 4.78 is 20.2. The van der Waals surface area contributed by atoms with Gasteiger partial charge in [0.1, 0.15) is 22.8 Å². The quantitative estimate of drug-likeness (QED) is 0.367. The molecule has 4 rings (SSSR count). The van der Waals surface area contributed by atoms with Crippen LogP contribution >= 0.6 is 11.8 Å². The van der Waals surface area contributed by atoms with E-state index in [0.717, 1.165) is 43.6 Å². The Morgan fingerprint density at radius 2 is 2.19 bits per heavy atom. The van der Waals surface area contributed by atoms with Crippen LogP contribution < -0.4 is 5.32 Å². The zero-order chi connectivity index (χ0) is 22.1. The highest BCUT2D eigenvalue weighted by molar-refractivity contribution is 7.98. The van der Waals surface area contributed by atoms with Crippen LogP contribution in [0.4, 0.5) is 10.2 Å². The molecule has 2 aromatic heterocycles. The molecule has 9 heteroatoms. The lowest BCUT2D eigenvalue weighted by Crippen LogP contribution is -2.44. The summed E-state index contributed by atoms with van der Waals surface area (Å²) in [5.41, 5.74) is 2.41. The normalized spacial score (nSPS) is 24.7. The Labute approximate surface area is 187 Å². The van der Waals surface area contributed by atoms with Crippen molar-refractivity contribution in [3.05, 3.63) is 16.9 Å². The van der Waals surface area contributed by atoms with Crippen LogP contribution in [0.5, 0.6) is 0 Å². The number of nitrogens with zero attached hydrogens (tertiary/aromatic N) is 4. The predicted molar refractivity (Wildman–Crippen MR) is 122 cm³/mol. The van der Waals surface area contributed by atoms with Gasteiger partial charge in [0.2, 0.25) is 0 Å². The van der Waals surface area contributed by atoms with Crippen LogP contribution in [-0.4, -0.2) is 64.3 Å². The number of likely N-dealkylation sites (tertiary alicyclic amines) is 1. The number of rotatable bonds is 7. The van der Waals surface area contributed by atoms with Crippen LogP contribution in [0.3, 0.4) is 0 Å². The highest BCUT2D eigenvalue weighted by Crippen LogP contribution is 2.39. The van der Waals surface area contributed by atoms with Gasteiger partial charge < -0.3 is 15.2 Å². The molecular formula is C22H31FN6OS. The number of thioether (sulfide) groups is 1. The summed E-state index contributed by atoms with van der Waals surface area (Å²) in [5.74, 6) is 2.40. The Morgan fingerprint density at radius 3 is 2.84 bits per heavy atom. The number of anilines is 1. The van der Waals surface area contributed by atoms with E-state index in [2.05, 4.69) is 17.4 Å². The Hall–Kier alpha value is -2.00. The third kappa shape index (κ3) is 4.09. The lowest BCUT2D eigenvalue weighted by Gasteiger charge is -2.29. The van der Waals surface area contributed by atoms with Crippen LogP contribution in [0, 0.1) is 5.41 Å². The predicted octanol–water partition coefficient (Wildman–Crippen LogP) is 4.52. The summed E-state index contributed by atoms with van der Waals surface area (Å²) in [6, 6.07) is -0.408. The van der Waals surface area contributed by atoms with Gasteiger partial charge in [0.25, 0.3) is 0 Å². The molecule has 0 amide bonds. The Balaban J connectivity index is 1.73. The van der Waals surface area contributed by atoms with E-state index in [1.165, 1.54) is 18.0 Å². The fourth-order valence-corrected chi connectivity index (χ4v) is 5.53. The standard InChI is InChI=1S/C22H31FN6OS/c1-5-13-7-6-8-14-17(28-30-19(13)14)21-26-20(15(11-24)22(27-21)31-4)25-12(2)18-16(23)9-10-29(18)3/h11-13,16,18,24H,5-10H2,1-4H3,(H,25,26,27)/t12?,13-,16+,18-/m1/s1. The van der Waals surface area contributed by atoms with Gasteiger partial charge in [0.05, 0.1) is 11.6 Å². The van der Waals surface area contributed by atoms with Gasteiger partial charge >= 0.3 is 0 Å². The summed E-state index contributed by atoms with van der Waals surface area (Å²) >= 11 is 1.46. The topological polar surface area (TPSA) is 90.9 Å². The summed E-state index contributed by atoms with van der Waals surface area (Å²) in [5, 5.41) is 16.4. The van der Waals surface area contributed by atoms with Gasteiger partial charge in [-0.05, 0) is 52.3 Å². The monoisotopic (exact) mass is 446 g/mol. The molecular weight excluding hydrogens is 415 g/mol. The number of aromatic nitrogens is 3. The number of hydrogen-bond acceptors (Lipinski definition) is 8. The second-order valence-corrected chi connectivity index (χ2v) is 9.34. The van der Waals surface area contributed by atoms with Crippen molar-refractivity contribution in [2.24, 2.45) is 0 Å². The van der Waals surface area contributed by atoms with Gasteiger partial charge in [0, 0.05) is 30.3 Å². The fourth-order valence-electron chi connectivity index (χ4n) is 4.98. The van der Waals surface area contributed by atoms with E-state index >= 15 is 0 Å². The molecule has 7 nitrogen and oxygen atoms in total. The maximum absolute atomic E-state index is 14.5. The van der Waals surface area contributed by atoms with Crippen molar-refractivity contribution >= 4 is 23.8 Å². The Morgan fingerprint density at radius 1 is 1.39 bits per heavy atom. The maximum Gasteiger partial charge on any atom is 0.185 e. The minimum absolute atomic E-state index is 0.172. The van der Waals surface area contributed by atoms with Gasteiger partial charge in [-0.15, -0.1) is 11.8 Å². The average molecular weight is 447 g/mol. The minimum Gasteiger partial charge on any atom is -0.365 e. The van der Waals surface area contributed by atoms with Crippen LogP contribution in [0.1, 0.15) is 62.3 Å². The van der Waals surface area contributed by atoms with Gasteiger partial charge in [0.15, 0.2) is 11.5 Å². The Kier molecular flexibility index (Phi) is 6.62. The average Bonchev–Trinajstić information content (AvgIpc) is 3.35. The molecule has 0 aromatic carbocycles. The van der Waals surface area contributed by atoms with Gasteiger partial charge in [-0.1, -0.05) is 12.1 Å². The number of nitrogens with one attached hydrogen (secondary N) is 2. The first-order valence-corrected chi connectivity index (χ1v) is 12.3. The van der Waals surface area contributed by atoms with E-state index in [0.29, 0.717) is 40.3 Å². The van der Waals surface area contributed by atoms with Crippen LogP contribution in [0.15, 0.2) is 9.55 Å². The molecule has 2 N–H and O–H groups in total. The molecule has 1 aliphatic heterocycles. The van der Waals surface area contributed by atoms with Crippen molar-refractivity contribution in [3.63, 3.8) is 0 Å². The molecule has 3 heterocycles. The molecule has 2 aliphatic rings. The number of halogens is 1. The minimum atomic E-state index is -0.884. The van der Waals surface area contributed by atoms with Crippen molar-refractivity contribution in [1.82, 2.24) is 20.0 Å². The van der Waals surface area contributed by atoms with Crippen LogP contribution in [0.25, 0.3) is 11.5 Å². The molecule has 1 unspecified atom stereocenters. The Bertz CT molecular complexity index is 940. The number of hydrogen-bond donors (Lipinski definition) is 2. The molecule has 2 aromatic rings. The largest absolute Gasteiger partial charge is 0.365 e. The SMILES string of the molecule is CC[C@@H]1CCCc2c(-c3nc(NC(C)[C@@H]4[C@@H](F)CCN4C)c(C=N)c(SC)n3)noc21. The first kappa shape index (κ1) is 22.2. The molecule has 168 valence electrons.